The Labute approximate surface area is 180 Å². The summed E-state index contributed by atoms with van der Waals surface area (Å²) in [5.74, 6) is 2.02. The average Bonchev–Trinajstić information content (AvgIpc) is 3.19. The molecule has 5 nitrogen and oxygen atoms in total. The van der Waals surface area contributed by atoms with Crippen LogP contribution in [0.25, 0.3) is 0 Å². The maximum absolute atomic E-state index is 12.7. The van der Waals surface area contributed by atoms with Crippen LogP contribution in [-0.2, 0) is 14.3 Å². The molecule has 3 aliphatic rings. The SMILES string of the molecule is COCCC(=O)N[C@@H]1C(C)(C)[C@@H]2C[C@@H]3[C@@H](c4ccccc4OC(C)C)OCCC31C2. The Morgan fingerprint density at radius 2 is 2.07 bits per heavy atom. The van der Waals surface area contributed by atoms with Gasteiger partial charge in [0.2, 0.25) is 5.91 Å². The molecule has 5 heteroatoms. The highest BCUT2D eigenvalue weighted by Gasteiger charge is 2.68. The largest absolute Gasteiger partial charge is 0.491 e. The molecule has 2 aliphatic carbocycles. The van der Waals surface area contributed by atoms with E-state index >= 15 is 0 Å². The molecule has 0 radical (unpaired) electrons. The van der Waals surface area contributed by atoms with E-state index in [9.17, 15) is 4.79 Å². The van der Waals surface area contributed by atoms with Gasteiger partial charge in [0.15, 0.2) is 0 Å². The molecule has 1 amide bonds. The van der Waals surface area contributed by atoms with Gasteiger partial charge in [-0.15, -0.1) is 0 Å². The molecule has 5 atom stereocenters. The van der Waals surface area contributed by atoms with E-state index in [1.807, 2.05) is 6.07 Å². The van der Waals surface area contributed by atoms with Crippen LogP contribution < -0.4 is 10.1 Å². The zero-order chi connectivity index (χ0) is 21.5. The number of carbonyl (C=O) groups is 1. The van der Waals surface area contributed by atoms with Crippen LogP contribution in [0, 0.1) is 22.7 Å². The van der Waals surface area contributed by atoms with Crippen molar-refractivity contribution in [1.82, 2.24) is 5.32 Å². The lowest BCUT2D eigenvalue weighted by Crippen LogP contribution is -2.59. The Balaban J connectivity index is 1.64. The van der Waals surface area contributed by atoms with Crippen molar-refractivity contribution in [2.75, 3.05) is 20.3 Å². The van der Waals surface area contributed by atoms with E-state index in [1.165, 1.54) is 6.42 Å². The molecule has 1 saturated heterocycles. The summed E-state index contributed by atoms with van der Waals surface area (Å²) in [6.07, 6.45) is 3.89. The zero-order valence-corrected chi connectivity index (χ0v) is 19.1. The normalized spacial score (nSPS) is 34.1. The number of nitrogens with one attached hydrogen (secondary N) is 1. The third-order valence-corrected chi connectivity index (χ3v) is 7.93. The van der Waals surface area contributed by atoms with Crippen LogP contribution in [0.3, 0.4) is 0 Å². The number of rotatable bonds is 7. The Morgan fingerprint density at radius 1 is 1.30 bits per heavy atom. The molecular weight excluding hydrogens is 378 g/mol. The van der Waals surface area contributed by atoms with Crippen molar-refractivity contribution in [3.8, 4) is 5.75 Å². The minimum atomic E-state index is 0.0215. The van der Waals surface area contributed by atoms with Crippen LogP contribution in [0.5, 0.6) is 5.75 Å². The number of benzene rings is 1. The van der Waals surface area contributed by atoms with Crippen LogP contribution in [-0.4, -0.2) is 38.4 Å². The first-order chi connectivity index (χ1) is 14.3. The molecule has 2 saturated carbocycles. The molecule has 30 heavy (non-hydrogen) atoms. The van der Waals surface area contributed by atoms with Gasteiger partial charge in [-0.1, -0.05) is 32.0 Å². The maximum atomic E-state index is 12.7. The Kier molecular flexibility index (Phi) is 5.88. The summed E-state index contributed by atoms with van der Waals surface area (Å²) in [5, 5.41) is 3.44. The number of hydrogen-bond donors (Lipinski definition) is 1. The van der Waals surface area contributed by atoms with E-state index in [0.29, 0.717) is 24.9 Å². The highest BCUT2D eigenvalue weighted by atomic mass is 16.5. The topological polar surface area (TPSA) is 56.8 Å². The maximum Gasteiger partial charge on any atom is 0.222 e. The van der Waals surface area contributed by atoms with E-state index < -0.39 is 0 Å². The molecule has 1 heterocycles. The van der Waals surface area contributed by atoms with Crippen LogP contribution in [0.4, 0.5) is 0 Å². The average molecular weight is 416 g/mol. The fourth-order valence-corrected chi connectivity index (χ4v) is 6.60. The number of amides is 1. The van der Waals surface area contributed by atoms with Crippen molar-refractivity contribution in [2.24, 2.45) is 22.7 Å². The lowest BCUT2D eigenvalue weighted by molar-refractivity contribution is -0.138. The minimum absolute atomic E-state index is 0.0215. The van der Waals surface area contributed by atoms with E-state index in [-0.39, 0.29) is 35.0 Å². The Hall–Kier alpha value is -1.59. The van der Waals surface area contributed by atoms with E-state index in [2.05, 4.69) is 51.2 Å². The second-order valence-corrected chi connectivity index (χ2v) is 10.3. The van der Waals surface area contributed by atoms with Crippen molar-refractivity contribution in [2.45, 2.75) is 71.6 Å². The number of ether oxygens (including phenoxy) is 3. The third-order valence-electron chi connectivity index (χ3n) is 7.93. The van der Waals surface area contributed by atoms with Gasteiger partial charge >= 0.3 is 0 Å². The second-order valence-electron chi connectivity index (χ2n) is 10.3. The lowest BCUT2D eigenvalue weighted by atomic mass is 9.58. The van der Waals surface area contributed by atoms with Crippen LogP contribution >= 0.6 is 0 Å². The molecule has 0 aromatic heterocycles. The molecule has 2 bridgehead atoms. The smallest absolute Gasteiger partial charge is 0.222 e. The summed E-state index contributed by atoms with van der Waals surface area (Å²) < 4.78 is 17.7. The van der Waals surface area contributed by atoms with Gasteiger partial charge in [0.1, 0.15) is 5.75 Å². The molecule has 166 valence electrons. The van der Waals surface area contributed by atoms with Gasteiger partial charge < -0.3 is 19.5 Å². The molecule has 1 aromatic carbocycles. The predicted molar refractivity (Wildman–Crippen MR) is 116 cm³/mol. The fourth-order valence-electron chi connectivity index (χ4n) is 6.60. The van der Waals surface area contributed by atoms with Gasteiger partial charge in [-0.05, 0) is 61.8 Å². The standard InChI is InChI=1S/C25H37NO4/c1-16(2)30-20-9-7-6-8-18(20)22-19-14-17-15-25(19,11-13-29-22)23(24(17,3)4)26-21(27)10-12-28-5/h6-9,16-17,19,22-23H,10-15H2,1-5H3,(H,26,27)/t17-,19-,22-,23-,25?/m1/s1. The predicted octanol–water partition coefficient (Wildman–Crippen LogP) is 4.51. The van der Waals surface area contributed by atoms with E-state index in [0.717, 1.165) is 30.8 Å². The second kappa shape index (κ2) is 8.16. The Morgan fingerprint density at radius 3 is 2.80 bits per heavy atom. The van der Waals surface area contributed by atoms with Crippen molar-refractivity contribution >= 4 is 5.91 Å². The van der Waals surface area contributed by atoms with E-state index in [1.54, 1.807) is 7.11 Å². The number of para-hydroxylation sites is 1. The highest BCUT2D eigenvalue weighted by molar-refractivity contribution is 5.76. The molecule has 1 aliphatic heterocycles. The monoisotopic (exact) mass is 415 g/mol. The van der Waals surface area contributed by atoms with Crippen molar-refractivity contribution < 1.29 is 19.0 Å². The zero-order valence-electron chi connectivity index (χ0n) is 19.1. The number of hydrogen-bond acceptors (Lipinski definition) is 4. The van der Waals surface area contributed by atoms with Gasteiger partial charge in [-0.3, -0.25) is 4.79 Å². The molecule has 4 rings (SSSR count). The first-order valence-electron chi connectivity index (χ1n) is 11.4. The highest BCUT2D eigenvalue weighted by Crippen LogP contribution is 2.70. The first-order valence-corrected chi connectivity index (χ1v) is 11.4. The molecule has 1 spiro atoms. The van der Waals surface area contributed by atoms with Gasteiger partial charge in [-0.25, -0.2) is 0 Å². The first kappa shape index (κ1) is 21.6. The summed E-state index contributed by atoms with van der Waals surface area (Å²) in [6.45, 7) is 9.99. The number of carbonyl (C=O) groups excluding carboxylic acids is 1. The third kappa shape index (κ3) is 3.54. The van der Waals surface area contributed by atoms with Crippen molar-refractivity contribution in [1.29, 1.82) is 0 Å². The summed E-state index contributed by atoms with van der Waals surface area (Å²) in [7, 11) is 1.64. The summed E-state index contributed by atoms with van der Waals surface area (Å²) >= 11 is 0. The van der Waals surface area contributed by atoms with Gasteiger partial charge in [0, 0.05) is 31.7 Å². The van der Waals surface area contributed by atoms with Crippen LogP contribution in [0.15, 0.2) is 24.3 Å². The van der Waals surface area contributed by atoms with Crippen molar-refractivity contribution in [3.05, 3.63) is 29.8 Å². The summed E-state index contributed by atoms with van der Waals surface area (Å²) in [4.78, 5) is 12.7. The van der Waals surface area contributed by atoms with Gasteiger partial charge in [0.05, 0.1) is 18.8 Å². The quantitative estimate of drug-likeness (QED) is 0.712. The fraction of sp³-hybridized carbons (Fsp3) is 0.720. The molecule has 3 fully saturated rings. The van der Waals surface area contributed by atoms with Gasteiger partial charge in [-0.2, -0.15) is 0 Å². The number of fused-ring (bicyclic) bond motifs is 1. The van der Waals surface area contributed by atoms with Crippen LogP contribution in [0.2, 0.25) is 0 Å². The molecule has 1 N–H and O–H groups in total. The molecule has 1 unspecified atom stereocenters. The number of methoxy groups -OCH3 is 1. The van der Waals surface area contributed by atoms with E-state index in [4.69, 9.17) is 14.2 Å². The lowest BCUT2D eigenvalue weighted by Gasteiger charge is -2.53. The minimum Gasteiger partial charge on any atom is -0.491 e. The summed E-state index contributed by atoms with van der Waals surface area (Å²) in [6, 6.07) is 8.49. The van der Waals surface area contributed by atoms with Crippen molar-refractivity contribution in [3.63, 3.8) is 0 Å². The molecule has 1 aromatic rings. The van der Waals surface area contributed by atoms with Gasteiger partial charge in [0.25, 0.3) is 0 Å². The van der Waals surface area contributed by atoms with Crippen LogP contribution in [0.1, 0.15) is 65.0 Å². The molecular formula is C25H37NO4. The summed E-state index contributed by atoms with van der Waals surface area (Å²) in [5.41, 5.74) is 1.34. The Bertz CT molecular complexity index is 776.